The molecule has 1 rings (SSSR count). The fourth-order valence-electron chi connectivity index (χ4n) is 2.10. The third-order valence-corrected chi connectivity index (χ3v) is 8.98. The van der Waals surface area contributed by atoms with Gasteiger partial charge in [-0.25, -0.2) is 0 Å². The molecule has 0 bridgehead atoms. The molecule has 71 valence electrons. The van der Waals surface area contributed by atoms with E-state index in [0.717, 1.165) is 0 Å². The highest BCUT2D eigenvalue weighted by Gasteiger charge is 2.28. The Morgan fingerprint density at radius 3 is 1.85 bits per heavy atom. The van der Waals surface area contributed by atoms with Crippen molar-refractivity contribution >= 4 is 13.3 Å². The Bertz CT molecular complexity index is 228. The summed E-state index contributed by atoms with van der Waals surface area (Å²) < 4.78 is 0. The summed E-state index contributed by atoms with van der Waals surface area (Å²) in [7, 11) is -1.11. The lowest BCUT2D eigenvalue weighted by molar-refractivity contribution is 1.19. The zero-order chi connectivity index (χ0) is 9.73. The van der Waals surface area contributed by atoms with Gasteiger partial charge in [0.05, 0.1) is 8.07 Å². The summed E-state index contributed by atoms with van der Waals surface area (Å²) in [5, 5.41) is 1.61. The molecule has 0 aliphatic rings. The average molecular weight is 191 g/mol. The molecule has 0 heterocycles. The van der Waals surface area contributed by atoms with E-state index in [-0.39, 0.29) is 0 Å². The van der Waals surface area contributed by atoms with Crippen molar-refractivity contribution in [2.24, 2.45) is 0 Å². The molecule has 1 heteroatoms. The molecule has 0 nitrogen and oxygen atoms in total. The van der Waals surface area contributed by atoms with Gasteiger partial charge in [0, 0.05) is 0 Å². The van der Waals surface area contributed by atoms with Crippen LogP contribution in [0.4, 0.5) is 0 Å². The third kappa shape index (κ3) is 2.02. The normalized spacial score (nSPS) is 11.6. The molecule has 0 atom stereocenters. The first kappa shape index (κ1) is 10.5. The van der Waals surface area contributed by atoms with E-state index in [1.54, 1.807) is 5.19 Å². The van der Waals surface area contributed by atoms with Crippen LogP contribution < -0.4 is 5.19 Å². The lowest BCUT2D eigenvalue weighted by Gasteiger charge is -2.28. The second kappa shape index (κ2) is 4.61. The van der Waals surface area contributed by atoms with Crippen LogP contribution in [0, 0.1) is 6.07 Å². The van der Waals surface area contributed by atoms with Crippen molar-refractivity contribution in [2.75, 3.05) is 0 Å². The molecule has 0 aromatic heterocycles. The summed E-state index contributed by atoms with van der Waals surface area (Å²) in [5.41, 5.74) is 0. The van der Waals surface area contributed by atoms with Crippen LogP contribution in [0.25, 0.3) is 0 Å². The van der Waals surface area contributed by atoms with Crippen LogP contribution in [-0.2, 0) is 0 Å². The van der Waals surface area contributed by atoms with E-state index < -0.39 is 8.07 Å². The largest absolute Gasteiger partial charge is 0.0859 e. The van der Waals surface area contributed by atoms with Crippen LogP contribution >= 0.6 is 0 Å². The summed E-state index contributed by atoms with van der Waals surface area (Å²) in [6.07, 6.45) is 0. The first-order valence-corrected chi connectivity index (χ1v) is 7.87. The van der Waals surface area contributed by atoms with Gasteiger partial charge in [0.15, 0.2) is 0 Å². The highest BCUT2D eigenvalue weighted by atomic mass is 28.3. The lowest BCUT2D eigenvalue weighted by Crippen LogP contribution is -2.45. The minimum absolute atomic E-state index is 1.11. The molecule has 0 saturated heterocycles. The van der Waals surface area contributed by atoms with Crippen molar-refractivity contribution in [3.05, 3.63) is 30.3 Å². The van der Waals surface area contributed by atoms with Crippen LogP contribution in [0.1, 0.15) is 20.8 Å². The summed E-state index contributed by atoms with van der Waals surface area (Å²) >= 11 is 0. The van der Waals surface area contributed by atoms with Crippen LogP contribution in [0.2, 0.25) is 18.1 Å². The fourth-order valence-corrected chi connectivity index (χ4v) is 5.70. The Morgan fingerprint density at radius 1 is 1.00 bits per heavy atom. The molecule has 1 aromatic rings. The van der Waals surface area contributed by atoms with Gasteiger partial charge in [0.2, 0.25) is 0 Å². The van der Waals surface area contributed by atoms with Gasteiger partial charge in [0.25, 0.3) is 0 Å². The number of hydrogen-bond acceptors (Lipinski definition) is 0. The predicted octanol–water partition coefficient (Wildman–Crippen LogP) is 3.20. The first-order chi connectivity index (χ1) is 6.29. The smallest absolute Gasteiger partial charge is 0.0675 e. The Labute approximate surface area is 83.0 Å². The number of benzene rings is 1. The Balaban J connectivity index is 3.01. The van der Waals surface area contributed by atoms with Gasteiger partial charge < -0.3 is 0 Å². The maximum Gasteiger partial charge on any atom is 0.0859 e. The molecule has 0 aliphatic heterocycles. The SMILES string of the molecule is CC[Si](CC)(CC)c1cc[c]cc1. The van der Waals surface area contributed by atoms with Crippen molar-refractivity contribution in [3.8, 4) is 0 Å². The second-order valence-corrected chi connectivity index (χ2v) is 8.89. The lowest BCUT2D eigenvalue weighted by atomic mass is 10.4. The molecule has 0 unspecified atom stereocenters. The number of rotatable bonds is 4. The van der Waals surface area contributed by atoms with Crippen molar-refractivity contribution in [2.45, 2.75) is 38.9 Å². The Morgan fingerprint density at radius 2 is 1.46 bits per heavy atom. The molecule has 0 N–H and O–H groups in total. The Hall–Kier alpha value is -0.563. The zero-order valence-corrected chi connectivity index (χ0v) is 9.93. The fraction of sp³-hybridized carbons (Fsp3) is 0.500. The van der Waals surface area contributed by atoms with E-state index in [1.165, 1.54) is 18.1 Å². The zero-order valence-electron chi connectivity index (χ0n) is 8.93. The predicted molar refractivity (Wildman–Crippen MR) is 62.1 cm³/mol. The first-order valence-electron chi connectivity index (χ1n) is 5.25. The van der Waals surface area contributed by atoms with Gasteiger partial charge in [0.1, 0.15) is 0 Å². The summed E-state index contributed by atoms with van der Waals surface area (Å²) in [5.74, 6) is 0. The summed E-state index contributed by atoms with van der Waals surface area (Å²) in [6.45, 7) is 7.03. The van der Waals surface area contributed by atoms with Crippen molar-refractivity contribution in [1.29, 1.82) is 0 Å². The van der Waals surface area contributed by atoms with Crippen molar-refractivity contribution < 1.29 is 0 Å². The van der Waals surface area contributed by atoms with Gasteiger partial charge >= 0.3 is 0 Å². The van der Waals surface area contributed by atoms with E-state index in [0.29, 0.717) is 0 Å². The van der Waals surface area contributed by atoms with Gasteiger partial charge in [-0.15, -0.1) is 0 Å². The molecule has 1 radical (unpaired) electrons. The van der Waals surface area contributed by atoms with Gasteiger partial charge in [-0.05, 0) is 6.07 Å². The van der Waals surface area contributed by atoms with E-state index >= 15 is 0 Å². The molecular formula is C12H19Si. The highest BCUT2D eigenvalue weighted by Crippen LogP contribution is 2.19. The molecule has 0 fully saturated rings. The summed E-state index contributed by atoms with van der Waals surface area (Å²) in [4.78, 5) is 0. The van der Waals surface area contributed by atoms with E-state index in [2.05, 4.69) is 51.1 Å². The number of hydrogen-bond donors (Lipinski definition) is 0. The van der Waals surface area contributed by atoms with Crippen molar-refractivity contribution in [3.63, 3.8) is 0 Å². The molecule has 0 spiro atoms. The van der Waals surface area contributed by atoms with Gasteiger partial charge in [-0.2, -0.15) is 0 Å². The molecule has 0 saturated carbocycles. The summed E-state index contributed by atoms with van der Waals surface area (Å²) in [6, 6.07) is 15.8. The minimum atomic E-state index is -1.11. The highest BCUT2D eigenvalue weighted by molar-refractivity contribution is 6.91. The van der Waals surface area contributed by atoms with Crippen LogP contribution in [-0.4, -0.2) is 8.07 Å². The van der Waals surface area contributed by atoms with E-state index in [1.807, 2.05) is 0 Å². The molecule has 1 aromatic carbocycles. The maximum atomic E-state index is 3.10. The molecule has 13 heavy (non-hydrogen) atoms. The van der Waals surface area contributed by atoms with Crippen LogP contribution in [0.5, 0.6) is 0 Å². The van der Waals surface area contributed by atoms with Crippen molar-refractivity contribution in [1.82, 2.24) is 0 Å². The molecular weight excluding hydrogens is 172 g/mol. The van der Waals surface area contributed by atoms with Crippen LogP contribution in [0.3, 0.4) is 0 Å². The van der Waals surface area contributed by atoms with Crippen LogP contribution in [0.15, 0.2) is 24.3 Å². The maximum absolute atomic E-state index is 3.10. The average Bonchev–Trinajstić information content (AvgIpc) is 2.23. The van der Waals surface area contributed by atoms with E-state index in [9.17, 15) is 0 Å². The minimum Gasteiger partial charge on any atom is -0.0675 e. The standard InChI is InChI=1S/C12H19Si/c1-4-13(5-2,6-3)12-10-8-7-9-11-12/h8-11H,4-6H2,1-3H3. The monoisotopic (exact) mass is 191 g/mol. The second-order valence-electron chi connectivity index (χ2n) is 3.63. The van der Waals surface area contributed by atoms with Gasteiger partial charge in [-0.3, -0.25) is 0 Å². The quantitative estimate of drug-likeness (QED) is 0.641. The molecule has 0 aliphatic carbocycles. The van der Waals surface area contributed by atoms with Gasteiger partial charge in [-0.1, -0.05) is 68.4 Å². The molecule has 0 amide bonds. The Kier molecular flexibility index (Phi) is 3.73. The third-order valence-electron chi connectivity index (χ3n) is 3.36. The van der Waals surface area contributed by atoms with E-state index in [4.69, 9.17) is 0 Å². The topological polar surface area (TPSA) is 0 Å².